The number of rotatable bonds is 60. The van der Waals surface area contributed by atoms with Crippen molar-refractivity contribution in [1.82, 2.24) is 9.80 Å². The highest BCUT2D eigenvalue weighted by Gasteiger charge is 2.23. The molecule has 0 rings (SSSR count). The molecule has 0 N–H and O–H groups in total. The molecule has 0 aromatic heterocycles. The fourth-order valence-electron chi connectivity index (χ4n) is 11.1. The molecule has 0 aliphatic carbocycles. The van der Waals surface area contributed by atoms with Gasteiger partial charge in [-0.05, 0) is 109 Å². The van der Waals surface area contributed by atoms with Crippen LogP contribution in [0.4, 0.5) is 0 Å². The highest BCUT2D eigenvalue weighted by atomic mass is 16.5. The first-order valence-corrected chi connectivity index (χ1v) is 33.5. The number of unbranched alkanes of at least 4 members (excludes halogenated alkanes) is 31. The van der Waals surface area contributed by atoms with Crippen LogP contribution in [-0.2, 0) is 23.9 Å². The van der Waals surface area contributed by atoms with Crippen LogP contribution in [0.25, 0.3) is 0 Å². The van der Waals surface area contributed by atoms with Crippen LogP contribution in [0.5, 0.6) is 0 Å². The van der Waals surface area contributed by atoms with Crippen LogP contribution < -0.4 is 0 Å². The zero-order valence-electron chi connectivity index (χ0n) is 51.4. The zero-order valence-corrected chi connectivity index (χ0v) is 51.4. The second-order valence-corrected chi connectivity index (χ2v) is 23.6. The summed E-state index contributed by atoms with van der Waals surface area (Å²) in [6, 6.07) is 0.326. The lowest BCUT2D eigenvalue weighted by atomic mass is 9.96. The minimum absolute atomic E-state index is 0.00102. The van der Waals surface area contributed by atoms with Crippen LogP contribution in [0.1, 0.15) is 356 Å². The maximum atomic E-state index is 14.3. The van der Waals surface area contributed by atoms with E-state index in [0.717, 1.165) is 70.9 Å². The highest BCUT2D eigenvalue weighted by molar-refractivity contribution is 5.76. The van der Waals surface area contributed by atoms with Gasteiger partial charge in [0.1, 0.15) is 0 Å². The fraction of sp³-hybridized carbons (Fsp3) is 0.955. The standard InChI is InChI=1S/C67H132N2O5/c1-8-14-20-24-26-31-37-46-59-69(65(70)54-44-47-58-68(7)57-45-36-25-21-15-9-2)64(52-40-32-27-29-34-42-55-66(71)73-60-62(48-18-12-5)50-38-22-16-10-3)53-41-33-28-30-35-43-56-67(72)74-61-63(49-19-13-6)51-39-23-17-11-4/h62-64H,8-61H2,1-7H3. The lowest BCUT2D eigenvalue weighted by Gasteiger charge is -2.33. The Kier molecular flexibility index (Phi) is 56.3. The lowest BCUT2D eigenvalue weighted by Crippen LogP contribution is -2.41. The summed E-state index contributed by atoms with van der Waals surface area (Å²) >= 11 is 0. The molecule has 7 nitrogen and oxygen atoms in total. The van der Waals surface area contributed by atoms with E-state index in [2.05, 4.69) is 58.4 Å². The Morgan fingerprint density at radius 1 is 0.311 bits per heavy atom. The second kappa shape index (κ2) is 57.5. The summed E-state index contributed by atoms with van der Waals surface area (Å²) in [5, 5.41) is 0. The van der Waals surface area contributed by atoms with E-state index < -0.39 is 0 Å². The molecule has 0 aliphatic heterocycles. The van der Waals surface area contributed by atoms with E-state index >= 15 is 0 Å². The molecule has 2 atom stereocenters. The van der Waals surface area contributed by atoms with Crippen molar-refractivity contribution in [3.63, 3.8) is 0 Å². The molecule has 0 aromatic carbocycles. The smallest absolute Gasteiger partial charge is 0.305 e. The number of esters is 2. The minimum Gasteiger partial charge on any atom is -0.465 e. The molecule has 0 radical (unpaired) electrons. The first-order valence-electron chi connectivity index (χ1n) is 33.5. The Bertz CT molecular complexity index is 1120. The average Bonchev–Trinajstić information content (AvgIpc) is 3.40. The van der Waals surface area contributed by atoms with Gasteiger partial charge in [0.25, 0.3) is 0 Å². The molecule has 0 saturated heterocycles. The normalized spacial score (nSPS) is 12.9. The Labute approximate surface area is 463 Å². The molecular weight excluding hydrogens is 913 g/mol. The molecular formula is C67H132N2O5. The van der Waals surface area contributed by atoms with Gasteiger partial charge in [0.05, 0.1) is 13.2 Å². The number of ether oxygens (including phenoxy) is 2. The van der Waals surface area contributed by atoms with Crippen LogP contribution in [-0.4, -0.2) is 73.6 Å². The van der Waals surface area contributed by atoms with E-state index in [4.69, 9.17) is 9.47 Å². The van der Waals surface area contributed by atoms with Gasteiger partial charge in [0.2, 0.25) is 5.91 Å². The first kappa shape index (κ1) is 72.4. The summed E-state index contributed by atoms with van der Waals surface area (Å²) in [5.74, 6) is 1.44. The molecule has 0 heterocycles. The van der Waals surface area contributed by atoms with Crippen molar-refractivity contribution in [2.75, 3.05) is 39.9 Å². The van der Waals surface area contributed by atoms with Crippen molar-refractivity contribution in [1.29, 1.82) is 0 Å². The topological polar surface area (TPSA) is 76.2 Å². The molecule has 0 bridgehead atoms. The zero-order chi connectivity index (χ0) is 54.2. The Morgan fingerprint density at radius 3 is 1.00 bits per heavy atom. The Balaban J connectivity index is 5.34. The molecule has 440 valence electrons. The summed E-state index contributed by atoms with van der Waals surface area (Å²) in [6.45, 7) is 18.0. The number of nitrogens with zero attached hydrogens (tertiary/aromatic N) is 2. The number of carbonyl (C=O) groups excluding carboxylic acids is 3. The van der Waals surface area contributed by atoms with Gasteiger partial charge < -0.3 is 19.3 Å². The van der Waals surface area contributed by atoms with Crippen molar-refractivity contribution in [2.24, 2.45) is 11.8 Å². The van der Waals surface area contributed by atoms with Crippen molar-refractivity contribution in [3.8, 4) is 0 Å². The molecule has 74 heavy (non-hydrogen) atoms. The number of hydrogen-bond donors (Lipinski definition) is 0. The Hall–Kier alpha value is -1.63. The van der Waals surface area contributed by atoms with E-state index in [1.54, 1.807) is 0 Å². The van der Waals surface area contributed by atoms with E-state index in [-0.39, 0.29) is 11.9 Å². The molecule has 0 spiro atoms. The lowest BCUT2D eigenvalue weighted by molar-refractivity contribution is -0.146. The van der Waals surface area contributed by atoms with Gasteiger partial charge in [-0.1, -0.05) is 260 Å². The Morgan fingerprint density at radius 2 is 0.595 bits per heavy atom. The largest absolute Gasteiger partial charge is 0.465 e. The molecule has 0 saturated carbocycles. The second-order valence-electron chi connectivity index (χ2n) is 23.6. The van der Waals surface area contributed by atoms with Crippen molar-refractivity contribution in [2.45, 2.75) is 362 Å². The van der Waals surface area contributed by atoms with Gasteiger partial charge in [-0.2, -0.15) is 0 Å². The first-order chi connectivity index (χ1) is 36.3. The molecule has 2 unspecified atom stereocenters. The number of carbonyl (C=O) groups is 3. The predicted octanol–water partition coefficient (Wildman–Crippen LogP) is 20.7. The van der Waals surface area contributed by atoms with Crippen LogP contribution in [0, 0.1) is 11.8 Å². The molecule has 0 fully saturated rings. The average molecular weight is 1050 g/mol. The molecule has 1 amide bonds. The summed E-state index contributed by atoms with van der Waals surface area (Å²) in [7, 11) is 2.27. The third kappa shape index (κ3) is 48.7. The number of amides is 1. The van der Waals surface area contributed by atoms with Gasteiger partial charge in [-0.25, -0.2) is 0 Å². The predicted molar refractivity (Wildman–Crippen MR) is 322 cm³/mol. The van der Waals surface area contributed by atoms with E-state index in [1.165, 1.54) is 244 Å². The monoisotopic (exact) mass is 1050 g/mol. The molecule has 0 aliphatic rings. The van der Waals surface area contributed by atoms with Gasteiger partial charge >= 0.3 is 11.9 Å². The summed E-state index contributed by atoms with van der Waals surface area (Å²) < 4.78 is 11.6. The third-order valence-corrected chi connectivity index (χ3v) is 16.2. The molecule has 0 aromatic rings. The van der Waals surface area contributed by atoms with Crippen LogP contribution >= 0.6 is 0 Å². The minimum atomic E-state index is -0.00102. The SMILES string of the molecule is CCCCCCCCCCN(C(=O)CCCCN(C)CCCCCCCC)C(CCCCCCCCC(=O)OCC(CCCC)CCCCCC)CCCCCCCCC(=O)OCC(CCCC)CCCCCC. The summed E-state index contributed by atoms with van der Waals surface area (Å²) in [4.78, 5) is 44.6. The summed E-state index contributed by atoms with van der Waals surface area (Å²) in [5.41, 5.74) is 0. The number of hydrogen-bond acceptors (Lipinski definition) is 6. The van der Waals surface area contributed by atoms with E-state index in [0.29, 0.717) is 56.3 Å². The van der Waals surface area contributed by atoms with E-state index in [1.807, 2.05) is 0 Å². The van der Waals surface area contributed by atoms with Gasteiger partial charge in [0.15, 0.2) is 0 Å². The van der Waals surface area contributed by atoms with Gasteiger partial charge in [-0.3, -0.25) is 14.4 Å². The highest BCUT2D eigenvalue weighted by Crippen LogP contribution is 2.24. The van der Waals surface area contributed by atoms with Crippen LogP contribution in [0.3, 0.4) is 0 Å². The van der Waals surface area contributed by atoms with Crippen molar-refractivity contribution >= 4 is 17.8 Å². The molecule has 7 heteroatoms. The van der Waals surface area contributed by atoms with Crippen molar-refractivity contribution in [3.05, 3.63) is 0 Å². The third-order valence-electron chi connectivity index (χ3n) is 16.2. The van der Waals surface area contributed by atoms with Gasteiger partial charge in [0, 0.05) is 31.8 Å². The van der Waals surface area contributed by atoms with Crippen LogP contribution in [0.2, 0.25) is 0 Å². The van der Waals surface area contributed by atoms with E-state index in [9.17, 15) is 14.4 Å². The van der Waals surface area contributed by atoms with Crippen molar-refractivity contribution < 1.29 is 23.9 Å². The fourth-order valence-corrected chi connectivity index (χ4v) is 11.1. The maximum Gasteiger partial charge on any atom is 0.305 e. The van der Waals surface area contributed by atoms with Crippen LogP contribution in [0.15, 0.2) is 0 Å². The maximum absolute atomic E-state index is 14.3. The van der Waals surface area contributed by atoms with Gasteiger partial charge in [-0.15, -0.1) is 0 Å². The quantitative estimate of drug-likeness (QED) is 0.0446. The summed E-state index contributed by atoms with van der Waals surface area (Å²) in [6.07, 6.45) is 57.7.